The van der Waals surface area contributed by atoms with Crippen molar-refractivity contribution in [3.05, 3.63) is 112 Å². The number of anilines is 2. The Morgan fingerprint density at radius 3 is 2.37 bits per heavy atom. The first-order chi connectivity index (χ1) is 20.9. The molecule has 43 heavy (non-hydrogen) atoms. The minimum Gasteiger partial charge on any atom is -0.493 e. The van der Waals surface area contributed by atoms with E-state index in [1.54, 1.807) is 7.11 Å². The van der Waals surface area contributed by atoms with E-state index in [2.05, 4.69) is 59.3 Å². The molecule has 2 atom stereocenters. The summed E-state index contributed by atoms with van der Waals surface area (Å²) in [5, 5.41) is 0.655. The Balaban J connectivity index is 1.38. The number of nitrogens with zero attached hydrogens (tertiary/aromatic N) is 3. The second-order valence-electron chi connectivity index (χ2n) is 11.6. The van der Waals surface area contributed by atoms with Gasteiger partial charge in [-0.3, -0.25) is 9.78 Å². The first-order valence-corrected chi connectivity index (χ1v) is 15.5. The van der Waals surface area contributed by atoms with Gasteiger partial charge in [0.05, 0.1) is 25.7 Å². The van der Waals surface area contributed by atoms with E-state index in [0.717, 1.165) is 53.5 Å². The van der Waals surface area contributed by atoms with Gasteiger partial charge in [0.25, 0.3) is 0 Å². The van der Waals surface area contributed by atoms with Crippen LogP contribution in [-0.2, 0) is 17.8 Å². The van der Waals surface area contributed by atoms with Crippen LogP contribution in [0.4, 0.5) is 11.4 Å². The van der Waals surface area contributed by atoms with Crippen LogP contribution in [0, 0.1) is 5.92 Å². The Kier molecular flexibility index (Phi) is 8.57. The molecule has 3 aromatic carbocycles. The lowest BCUT2D eigenvalue weighted by Gasteiger charge is -2.38. The lowest BCUT2D eigenvalue weighted by Crippen LogP contribution is -2.41. The molecule has 0 spiro atoms. The molecule has 1 aliphatic heterocycles. The molecule has 2 aliphatic rings. The van der Waals surface area contributed by atoms with Gasteiger partial charge in [-0.25, -0.2) is 0 Å². The van der Waals surface area contributed by atoms with Crippen LogP contribution >= 0.6 is 11.6 Å². The molecule has 1 fully saturated rings. The predicted octanol–water partition coefficient (Wildman–Crippen LogP) is 8.02. The van der Waals surface area contributed by atoms with Crippen molar-refractivity contribution in [1.82, 2.24) is 4.98 Å². The van der Waals surface area contributed by atoms with Crippen molar-refractivity contribution in [1.29, 1.82) is 0 Å². The summed E-state index contributed by atoms with van der Waals surface area (Å²) in [6.45, 7) is 5.99. The minimum atomic E-state index is -0.344. The molecule has 1 saturated carbocycles. The van der Waals surface area contributed by atoms with E-state index in [1.165, 1.54) is 18.4 Å². The second kappa shape index (κ2) is 12.7. The van der Waals surface area contributed by atoms with Crippen LogP contribution < -0.4 is 19.3 Å². The number of amides is 1. The van der Waals surface area contributed by atoms with Gasteiger partial charge >= 0.3 is 0 Å². The molecule has 1 unspecified atom stereocenters. The highest BCUT2D eigenvalue weighted by molar-refractivity contribution is 6.30. The Hall–Kier alpha value is -4.03. The van der Waals surface area contributed by atoms with E-state index in [4.69, 9.17) is 21.1 Å². The van der Waals surface area contributed by atoms with E-state index < -0.39 is 0 Å². The molecule has 6 rings (SSSR count). The van der Waals surface area contributed by atoms with Crippen LogP contribution in [0.25, 0.3) is 0 Å². The fraction of sp³-hybridized carbons (Fsp3) is 0.333. The highest BCUT2D eigenvalue weighted by Gasteiger charge is 2.36. The van der Waals surface area contributed by atoms with Crippen molar-refractivity contribution in [2.24, 2.45) is 5.92 Å². The van der Waals surface area contributed by atoms with Gasteiger partial charge in [-0.15, -0.1) is 0 Å². The SMILES string of the molecule is CC[C@@H](C)Oc1cc2c(cc1OC)CC(=O)N(c1ccc(N(Cc3ccncc3)CC3CC3)cc1)C2c1ccc(Cl)cc1. The zero-order chi connectivity index (χ0) is 29.9. The molecule has 0 N–H and O–H groups in total. The van der Waals surface area contributed by atoms with E-state index in [-0.39, 0.29) is 24.5 Å². The first kappa shape index (κ1) is 29.1. The minimum absolute atomic E-state index is 0.0283. The van der Waals surface area contributed by atoms with Gasteiger partial charge in [-0.05, 0) is 115 Å². The number of methoxy groups -OCH3 is 1. The number of halogens is 1. The van der Waals surface area contributed by atoms with Crippen molar-refractivity contribution in [2.45, 2.75) is 58.2 Å². The van der Waals surface area contributed by atoms with Crippen LogP contribution in [0.2, 0.25) is 5.02 Å². The second-order valence-corrected chi connectivity index (χ2v) is 12.1. The van der Waals surface area contributed by atoms with Gasteiger partial charge in [-0.1, -0.05) is 30.7 Å². The molecule has 1 aromatic heterocycles. The number of fused-ring (bicyclic) bond motifs is 1. The number of hydrogen-bond donors (Lipinski definition) is 0. The maximum atomic E-state index is 13.9. The zero-order valence-electron chi connectivity index (χ0n) is 25.0. The maximum Gasteiger partial charge on any atom is 0.232 e. The zero-order valence-corrected chi connectivity index (χ0v) is 25.8. The molecule has 4 aromatic rings. The average molecular weight is 596 g/mol. The van der Waals surface area contributed by atoms with Crippen molar-refractivity contribution >= 4 is 28.9 Å². The summed E-state index contributed by atoms with van der Waals surface area (Å²) in [5.74, 6) is 2.10. The van der Waals surface area contributed by atoms with E-state index in [1.807, 2.05) is 54.5 Å². The monoisotopic (exact) mass is 595 g/mol. The van der Waals surface area contributed by atoms with E-state index >= 15 is 0 Å². The number of hydrogen-bond acceptors (Lipinski definition) is 5. The Morgan fingerprint density at radius 2 is 1.72 bits per heavy atom. The van der Waals surface area contributed by atoms with Gasteiger partial charge in [-0.2, -0.15) is 0 Å². The van der Waals surface area contributed by atoms with Crippen LogP contribution in [0.1, 0.15) is 61.4 Å². The normalized spacial score (nSPS) is 16.9. The molecule has 2 heterocycles. The third-order valence-corrected chi connectivity index (χ3v) is 8.72. The number of pyridine rings is 1. The van der Waals surface area contributed by atoms with Gasteiger partial charge in [0.2, 0.25) is 5.91 Å². The number of carbonyl (C=O) groups excluding carboxylic acids is 1. The summed E-state index contributed by atoms with van der Waals surface area (Å²) in [6.07, 6.45) is 7.43. The largest absolute Gasteiger partial charge is 0.493 e. The molecule has 6 nitrogen and oxygen atoms in total. The fourth-order valence-electron chi connectivity index (χ4n) is 5.78. The summed E-state index contributed by atoms with van der Waals surface area (Å²) in [6, 6.07) is 24.0. The Labute approximate surface area is 259 Å². The maximum absolute atomic E-state index is 13.9. The summed E-state index contributed by atoms with van der Waals surface area (Å²) in [4.78, 5) is 22.5. The number of aromatic nitrogens is 1. The molecule has 222 valence electrons. The molecule has 7 heteroatoms. The first-order valence-electron chi connectivity index (χ1n) is 15.1. The van der Waals surface area contributed by atoms with Gasteiger partial charge in [0, 0.05) is 41.9 Å². The summed E-state index contributed by atoms with van der Waals surface area (Å²) < 4.78 is 12.0. The van der Waals surface area contributed by atoms with Crippen LogP contribution in [-0.4, -0.2) is 30.6 Å². The van der Waals surface area contributed by atoms with E-state index in [0.29, 0.717) is 16.5 Å². The summed E-state index contributed by atoms with van der Waals surface area (Å²) in [7, 11) is 1.64. The topological polar surface area (TPSA) is 54.9 Å². The van der Waals surface area contributed by atoms with Crippen molar-refractivity contribution in [3.8, 4) is 11.5 Å². The number of carbonyl (C=O) groups is 1. The highest BCUT2D eigenvalue weighted by atomic mass is 35.5. The standard InChI is InChI=1S/C36H38ClN3O3/c1-4-24(2)43-34-21-32-28(19-33(34)42-3)20-35(41)40(36(32)27-7-9-29(37)10-8-27)31-13-11-30(12-14-31)39(22-25-5-6-25)23-26-15-17-38-18-16-26/h7-19,21,24-25,36H,4-6,20,22-23H2,1-3H3/t24-,36?/m1/s1. The van der Waals surface area contributed by atoms with Gasteiger partial charge in [0.1, 0.15) is 0 Å². The number of ether oxygens (including phenoxy) is 2. The third-order valence-electron chi connectivity index (χ3n) is 8.47. The Morgan fingerprint density at radius 1 is 1.00 bits per heavy atom. The highest BCUT2D eigenvalue weighted by Crippen LogP contribution is 2.44. The van der Waals surface area contributed by atoms with Crippen molar-refractivity contribution < 1.29 is 14.3 Å². The van der Waals surface area contributed by atoms with Crippen LogP contribution in [0.3, 0.4) is 0 Å². The molecule has 1 amide bonds. The fourth-order valence-corrected chi connectivity index (χ4v) is 5.91. The van der Waals surface area contributed by atoms with Gasteiger partial charge in [0.15, 0.2) is 11.5 Å². The van der Waals surface area contributed by atoms with Crippen LogP contribution in [0.15, 0.2) is 85.2 Å². The number of benzene rings is 3. The molecule has 0 saturated heterocycles. The molecule has 0 bridgehead atoms. The lowest BCUT2D eigenvalue weighted by molar-refractivity contribution is -0.118. The molecular formula is C36H38ClN3O3. The van der Waals surface area contributed by atoms with E-state index in [9.17, 15) is 4.79 Å². The third kappa shape index (κ3) is 6.50. The average Bonchev–Trinajstić information content (AvgIpc) is 3.85. The molecule has 1 aliphatic carbocycles. The predicted molar refractivity (Wildman–Crippen MR) is 172 cm³/mol. The van der Waals surface area contributed by atoms with Crippen LogP contribution in [0.5, 0.6) is 11.5 Å². The van der Waals surface area contributed by atoms with Crippen molar-refractivity contribution in [3.63, 3.8) is 0 Å². The summed E-state index contributed by atoms with van der Waals surface area (Å²) in [5.41, 5.74) is 6.19. The Bertz CT molecular complexity index is 1560. The smallest absolute Gasteiger partial charge is 0.232 e. The van der Waals surface area contributed by atoms with Gasteiger partial charge < -0.3 is 19.3 Å². The van der Waals surface area contributed by atoms with Crippen molar-refractivity contribution in [2.75, 3.05) is 23.5 Å². The quantitative estimate of drug-likeness (QED) is 0.176. The molecular weight excluding hydrogens is 558 g/mol. The summed E-state index contributed by atoms with van der Waals surface area (Å²) >= 11 is 6.29. The molecule has 0 radical (unpaired) electrons. The lowest BCUT2D eigenvalue weighted by atomic mass is 9.86. The number of rotatable bonds is 11.